The molecule has 1 aliphatic heterocycles. The summed E-state index contributed by atoms with van der Waals surface area (Å²) in [6.45, 7) is 7.61. The van der Waals surface area contributed by atoms with Crippen LogP contribution in [0.4, 0.5) is 0 Å². The molecule has 2 N–H and O–H groups in total. The van der Waals surface area contributed by atoms with Gasteiger partial charge in [-0.3, -0.25) is 4.79 Å². The molecule has 1 amide bonds. The first-order valence-corrected chi connectivity index (χ1v) is 8.67. The second kappa shape index (κ2) is 5.77. The third kappa shape index (κ3) is 3.44. The predicted octanol–water partition coefficient (Wildman–Crippen LogP) is 1.76. The Balaban J connectivity index is 2.21. The maximum absolute atomic E-state index is 12.5. The van der Waals surface area contributed by atoms with E-state index < -0.39 is 10.0 Å². The molecule has 1 fully saturated rings. The topological polar surface area (TPSA) is 80.5 Å². The molecular formula is C15H22N2O3S. The number of aryl methyl sites for hydroxylation is 1. The van der Waals surface area contributed by atoms with E-state index in [1.807, 2.05) is 4.90 Å². The van der Waals surface area contributed by atoms with Crippen LogP contribution in [0, 0.1) is 18.8 Å². The van der Waals surface area contributed by atoms with Crippen LogP contribution >= 0.6 is 0 Å². The van der Waals surface area contributed by atoms with Crippen LogP contribution in [0.25, 0.3) is 0 Å². The highest BCUT2D eigenvalue weighted by Gasteiger charge is 2.29. The zero-order chi connectivity index (χ0) is 15.8. The molecule has 0 saturated carbocycles. The number of nitrogens with two attached hydrogens (primary N) is 1. The van der Waals surface area contributed by atoms with Gasteiger partial charge in [0.15, 0.2) is 0 Å². The van der Waals surface area contributed by atoms with Crippen molar-refractivity contribution in [1.82, 2.24) is 4.90 Å². The second-order valence-corrected chi connectivity index (χ2v) is 7.63. The summed E-state index contributed by atoms with van der Waals surface area (Å²) in [5.41, 5.74) is 1.19. The zero-order valence-corrected chi connectivity index (χ0v) is 13.5. The molecule has 2 rings (SSSR count). The van der Waals surface area contributed by atoms with Crippen LogP contribution < -0.4 is 5.14 Å². The lowest BCUT2D eigenvalue weighted by Gasteiger charge is -2.19. The molecule has 0 aromatic heterocycles. The molecule has 1 aromatic rings. The number of benzene rings is 1. The summed E-state index contributed by atoms with van der Waals surface area (Å²) >= 11 is 0. The highest BCUT2D eigenvalue weighted by atomic mass is 32.2. The molecule has 1 aliphatic rings. The van der Waals surface area contributed by atoms with E-state index in [9.17, 15) is 13.2 Å². The summed E-state index contributed by atoms with van der Waals surface area (Å²) in [5.74, 6) is 1.07. The minimum atomic E-state index is -3.73. The van der Waals surface area contributed by atoms with Gasteiger partial charge in [0.2, 0.25) is 10.0 Å². The quantitative estimate of drug-likeness (QED) is 0.923. The number of sulfonamides is 1. The third-order valence-electron chi connectivity index (χ3n) is 4.21. The number of nitrogens with zero attached hydrogens (tertiary/aromatic N) is 1. The molecule has 1 unspecified atom stereocenters. The SMILES string of the molecule is Cc1cc(S(N)(=O)=O)ccc1C(=O)N1CCC(C(C)C)C1. The highest BCUT2D eigenvalue weighted by Crippen LogP contribution is 2.26. The number of amides is 1. The van der Waals surface area contributed by atoms with Gasteiger partial charge in [-0.1, -0.05) is 13.8 Å². The Kier molecular flexibility index (Phi) is 4.39. The van der Waals surface area contributed by atoms with E-state index in [0.717, 1.165) is 19.5 Å². The normalized spacial score (nSPS) is 19.3. The molecule has 116 valence electrons. The third-order valence-corrected chi connectivity index (χ3v) is 5.12. The van der Waals surface area contributed by atoms with Gasteiger partial charge in [0.05, 0.1) is 4.90 Å². The van der Waals surface area contributed by atoms with Crippen molar-refractivity contribution >= 4 is 15.9 Å². The Morgan fingerprint density at radius 2 is 2.05 bits per heavy atom. The summed E-state index contributed by atoms with van der Waals surface area (Å²) in [4.78, 5) is 14.4. The maximum atomic E-state index is 12.5. The summed E-state index contributed by atoms with van der Waals surface area (Å²) < 4.78 is 22.6. The van der Waals surface area contributed by atoms with Crippen molar-refractivity contribution in [2.24, 2.45) is 17.0 Å². The van der Waals surface area contributed by atoms with Gasteiger partial charge in [-0.2, -0.15) is 0 Å². The van der Waals surface area contributed by atoms with Gasteiger partial charge in [-0.05, 0) is 48.9 Å². The van der Waals surface area contributed by atoms with E-state index in [2.05, 4.69) is 13.8 Å². The molecule has 21 heavy (non-hydrogen) atoms. The molecule has 0 spiro atoms. The van der Waals surface area contributed by atoms with Gasteiger partial charge in [-0.15, -0.1) is 0 Å². The van der Waals surface area contributed by atoms with Crippen LogP contribution in [0.5, 0.6) is 0 Å². The first-order chi connectivity index (χ1) is 9.70. The van der Waals surface area contributed by atoms with E-state index in [4.69, 9.17) is 5.14 Å². The average Bonchev–Trinajstić information content (AvgIpc) is 2.86. The minimum absolute atomic E-state index is 0.0309. The van der Waals surface area contributed by atoms with Crippen molar-refractivity contribution in [3.63, 3.8) is 0 Å². The van der Waals surface area contributed by atoms with Gasteiger partial charge in [0.25, 0.3) is 5.91 Å². The smallest absolute Gasteiger partial charge is 0.254 e. The molecule has 0 radical (unpaired) electrons. The fourth-order valence-electron chi connectivity index (χ4n) is 2.74. The van der Waals surface area contributed by atoms with E-state index in [-0.39, 0.29) is 10.8 Å². The summed E-state index contributed by atoms with van der Waals surface area (Å²) in [6.07, 6.45) is 1.03. The largest absolute Gasteiger partial charge is 0.338 e. The Morgan fingerprint density at radius 1 is 1.38 bits per heavy atom. The molecular weight excluding hydrogens is 288 g/mol. The fourth-order valence-corrected chi connectivity index (χ4v) is 3.34. The lowest BCUT2D eigenvalue weighted by Crippen LogP contribution is -2.30. The van der Waals surface area contributed by atoms with Crippen molar-refractivity contribution in [2.45, 2.75) is 32.1 Å². The van der Waals surface area contributed by atoms with Crippen LogP contribution in [0.2, 0.25) is 0 Å². The van der Waals surface area contributed by atoms with E-state index in [1.165, 1.54) is 12.1 Å². The minimum Gasteiger partial charge on any atom is -0.338 e. The summed E-state index contributed by atoms with van der Waals surface area (Å²) in [6, 6.07) is 4.41. The maximum Gasteiger partial charge on any atom is 0.254 e. The molecule has 1 heterocycles. The first kappa shape index (κ1) is 16.0. The molecule has 1 atom stereocenters. The number of hydrogen-bond acceptors (Lipinski definition) is 3. The van der Waals surface area contributed by atoms with E-state index >= 15 is 0 Å². The molecule has 1 saturated heterocycles. The molecule has 0 aliphatic carbocycles. The van der Waals surface area contributed by atoms with Crippen molar-refractivity contribution in [3.8, 4) is 0 Å². The van der Waals surface area contributed by atoms with Gasteiger partial charge in [0, 0.05) is 18.7 Å². The molecule has 5 nitrogen and oxygen atoms in total. The van der Waals surface area contributed by atoms with Crippen LogP contribution in [0.1, 0.15) is 36.2 Å². The molecule has 6 heteroatoms. The average molecular weight is 310 g/mol. The number of carbonyl (C=O) groups excluding carboxylic acids is 1. The highest BCUT2D eigenvalue weighted by molar-refractivity contribution is 7.89. The Morgan fingerprint density at radius 3 is 2.52 bits per heavy atom. The van der Waals surface area contributed by atoms with Crippen LogP contribution in [0.3, 0.4) is 0 Å². The van der Waals surface area contributed by atoms with Gasteiger partial charge >= 0.3 is 0 Å². The van der Waals surface area contributed by atoms with Gasteiger partial charge < -0.3 is 4.90 Å². The lowest BCUT2D eigenvalue weighted by molar-refractivity contribution is 0.0783. The second-order valence-electron chi connectivity index (χ2n) is 6.07. The van der Waals surface area contributed by atoms with Crippen LogP contribution in [0.15, 0.2) is 23.1 Å². The van der Waals surface area contributed by atoms with Gasteiger partial charge in [0.1, 0.15) is 0 Å². The van der Waals surface area contributed by atoms with Crippen molar-refractivity contribution in [2.75, 3.05) is 13.1 Å². The number of carbonyl (C=O) groups is 1. The number of rotatable bonds is 3. The van der Waals surface area contributed by atoms with Crippen molar-refractivity contribution in [3.05, 3.63) is 29.3 Å². The zero-order valence-electron chi connectivity index (χ0n) is 12.7. The number of primary sulfonamides is 1. The van der Waals surface area contributed by atoms with Crippen molar-refractivity contribution < 1.29 is 13.2 Å². The van der Waals surface area contributed by atoms with Crippen LogP contribution in [-0.4, -0.2) is 32.3 Å². The number of likely N-dealkylation sites (tertiary alicyclic amines) is 1. The predicted molar refractivity (Wildman–Crippen MR) is 81.4 cm³/mol. The standard InChI is InChI=1S/C15H22N2O3S/c1-10(2)12-6-7-17(9-12)15(18)14-5-4-13(8-11(14)3)21(16,19)20/h4-5,8,10,12H,6-7,9H2,1-3H3,(H2,16,19,20). The molecule has 0 bridgehead atoms. The van der Waals surface area contributed by atoms with Gasteiger partial charge in [-0.25, -0.2) is 13.6 Å². The summed E-state index contributed by atoms with van der Waals surface area (Å²) in [7, 11) is -3.73. The fraction of sp³-hybridized carbons (Fsp3) is 0.533. The monoisotopic (exact) mass is 310 g/mol. The Bertz CT molecular complexity index is 653. The lowest BCUT2D eigenvalue weighted by atomic mass is 9.95. The summed E-state index contributed by atoms with van der Waals surface area (Å²) in [5, 5.41) is 5.10. The van der Waals surface area contributed by atoms with Crippen molar-refractivity contribution in [1.29, 1.82) is 0 Å². The van der Waals surface area contributed by atoms with Crippen LogP contribution in [-0.2, 0) is 10.0 Å². The first-order valence-electron chi connectivity index (χ1n) is 7.13. The molecule has 1 aromatic carbocycles. The Labute approximate surface area is 126 Å². The van der Waals surface area contributed by atoms with E-state index in [0.29, 0.717) is 23.0 Å². The number of hydrogen-bond donors (Lipinski definition) is 1. The van der Waals surface area contributed by atoms with E-state index in [1.54, 1.807) is 13.0 Å². The Hall–Kier alpha value is -1.40.